The first-order valence-electron chi connectivity index (χ1n) is 8.63. The van der Waals surface area contributed by atoms with Gasteiger partial charge in [-0.15, -0.1) is 5.11 Å². The highest BCUT2D eigenvalue weighted by atomic mass is 32.2. The molecule has 0 aliphatic carbocycles. The summed E-state index contributed by atoms with van der Waals surface area (Å²) in [4.78, 5) is 0.00474. The molecule has 28 heavy (non-hydrogen) atoms. The molecular weight excluding hydrogens is 378 g/mol. The predicted octanol–water partition coefficient (Wildman–Crippen LogP) is 4.70. The Morgan fingerprint density at radius 3 is 2.25 bits per heavy atom. The Hall–Kier alpha value is -2.97. The number of hydrogen-bond acceptors (Lipinski definition) is 6. The number of phenolic OH excluding ortho intramolecular Hbond substituents is 1. The average molecular weight is 399 g/mol. The van der Waals surface area contributed by atoms with E-state index in [9.17, 15) is 13.5 Å². The van der Waals surface area contributed by atoms with E-state index < -0.39 is 10.0 Å². The molecule has 0 radical (unpaired) electrons. The molecule has 0 atom stereocenters. The van der Waals surface area contributed by atoms with Crippen LogP contribution in [0.15, 0.2) is 63.7 Å². The van der Waals surface area contributed by atoms with Crippen molar-refractivity contribution in [2.45, 2.75) is 31.8 Å². The van der Waals surface area contributed by atoms with E-state index in [4.69, 9.17) is 9.88 Å². The minimum Gasteiger partial charge on any atom is -0.505 e. The SMILES string of the molecule is Cc1cc(S(N)(=O)=O)ccc1N=Nc1cc(OC(C)C)c2ccccc2c1O. The van der Waals surface area contributed by atoms with Gasteiger partial charge in [0, 0.05) is 16.8 Å². The van der Waals surface area contributed by atoms with Gasteiger partial charge in [-0.05, 0) is 44.5 Å². The van der Waals surface area contributed by atoms with Crippen molar-refractivity contribution in [1.29, 1.82) is 0 Å². The Morgan fingerprint density at radius 2 is 1.64 bits per heavy atom. The zero-order valence-corrected chi connectivity index (χ0v) is 16.6. The third-order valence-corrected chi connectivity index (χ3v) is 4.99. The molecule has 3 aromatic carbocycles. The normalized spacial score (nSPS) is 12.2. The molecule has 0 spiro atoms. The molecule has 8 heteroatoms. The number of hydrogen-bond donors (Lipinski definition) is 2. The van der Waals surface area contributed by atoms with E-state index in [-0.39, 0.29) is 22.4 Å². The second kappa shape index (κ2) is 7.57. The van der Waals surface area contributed by atoms with Gasteiger partial charge in [-0.2, -0.15) is 5.11 Å². The number of nitrogens with zero attached hydrogens (tertiary/aromatic N) is 2. The van der Waals surface area contributed by atoms with Gasteiger partial charge in [0.25, 0.3) is 0 Å². The van der Waals surface area contributed by atoms with Crippen molar-refractivity contribution in [2.75, 3.05) is 0 Å². The summed E-state index contributed by atoms with van der Waals surface area (Å²) < 4.78 is 28.8. The number of nitrogens with two attached hydrogens (primary N) is 1. The maximum absolute atomic E-state index is 11.4. The first-order chi connectivity index (χ1) is 13.2. The summed E-state index contributed by atoms with van der Waals surface area (Å²) >= 11 is 0. The van der Waals surface area contributed by atoms with Crippen LogP contribution in [-0.2, 0) is 10.0 Å². The molecule has 0 saturated heterocycles. The monoisotopic (exact) mass is 399 g/mol. The van der Waals surface area contributed by atoms with Gasteiger partial charge in [-0.25, -0.2) is 13.6 Å². The average Bonchev–Trinajstić information content (AvgIpc) is 2.62. The summed E-state index contributed by atoms with van der Waals surface area (Å²) in [5.74, 6) is 0.591. The van der Waals surface area contributed by atoms with Crippen LogP contribution in [0.4, 0.5) is 11.4 Å². The number of primary sulfonamides is 1. The van der Waals surface area contributed by atoms with Crippen LogP contribution in [0.1, 0.15) is 19.4 Å². The van der Waals surface area contributed by atoms with Gasteiger partial charge in [0.2, 0.25) is 10.0 Å². The van der Waals surface area contributed by atoms with Gasteiger partial charge < -0.3 is 9.84 Å². The van der Waals surface area contributed by atoms with Crippen LogP contribution in [0.2, 0.25) is 0 Å². The van der Waals surface area contributed by atoms with E-state index in [1.54, 1.807) is 19.1 Å². The molecule has 0 unspecified atom stereocenters. The maximum atomic E-state index is 11.4. The second-order valence-corrected chi connectivity index (χ2v) is 8.21. The van der Waals surface area contributed by atoms with Gasteiger partial charge in [0.1, 0.15) is 11.4 Å². The molecule has 3 N–H and O–H groups in total. The van der Waals surface area contributed by atoms with E-state index in [1.807, 2.05) is 32.0 Å². The minimum atomic E-state index is -3.79. The number of aromatic hydroxyl groups is 1. The van der Waals surface area contributed by atoms with Crippen LogP contribution in [0, 0.1) is 6.92 Å². The molecule has 0 heterocycles. The summed E-state index contributed by atoms with van der Waals surface area (Å²) in [6.07, 6.45) is -0.0502. The van der Waals surface area contributed by atoms with Gasteiger partial charge >= 0.3 is 0 Å². The quantitative estimate of drug-likeness (QED) is 0.605. The fourth-order valence-electron chi connectivity index (χ4n) is 2.77. The highest BCUT2D eigenvalue weighted by Gasteiger charge is 2.14. The van der Waals surface area contributed by atoms with Gasteiger partial charge in [0.05, 0.1) is 16.7 Å². The topological polar surface area (TPSA) is 114 Å². The molecule has 0 saturated carbocycles. The summed E-state index contributed by atoms with van der Waals surface area (Å²) in [7, 11) is -3.79. The largest absolute Gasteiger partial charge is 0.505 e. The zero-order valence-electron chi connectivity index (χ0n) is 15.7. The number of aryl methyl sites for hydroxylation is 1. The third kappa shape index (κ3) is 4.13. The van der Waals surface area contributed by atoms with Crippen molar-refractivity contribution < 1.29 is 18.3 Å². The van der Waals surface area contributed by atoms with E-state index in [1.165, 1.54) is 18.2 Å². The second-order valence-electron chi connectivity index (χ2n) is 6.65. The molecule has 3 rings (SSSR count). The summed E-state index contributed by atoms with van der Waals surface area (Å²) in [5.41, 5.74) is 1.31. The molecule has 7 nitrogen and oxygen atoms in total. The highest BCUT2D eigenvalue weighted by Crippen LogP contribution is 2.41. The number of sulfonamides is 1. The molecule has 146 valence electrons. The van der Waals surface area contributed by atoms with Crippen LogP contribution < -0.4 is 9.88 Å². The molecule has 0 bridgehead atoms. The van der Waals surface area contributed by atoms with E-state index >= 15 is 0 Å². The number of azo groups is 1. The number of fused-ring (bicyclic) bond motifs is 1. The van der Waals surface area contributed by atoms with Crippen molar-refractivity contribution in [1.82, 2.24) is 0 Å². The van der Waals surface area contributed by atoms with Crippen LogP contribution >= 0.6 is 0 Å². The van der Waals surface area contributed by atoms with Gasteiger partial charge in [-0.3, -0.25) is 0 Å². The third-order valence-electron chi connectivity index (χ3n) is 4.08. The number of benzene rings is 3. The van der Waals surface area contributed by atoms with E-state index in [0.717, 1.165) is 5.39 Å². The molecule has 0 fully saturated rings. The van der Waals surface area contributed by atoms with Crippen molar-refractivity contribution in [3.8, 4) is 11.5 Å². The molecule has 0 aliphatic heterocycles. The Labute approximate surface area is 163 Å². The Morgan fingerprint density at radius 1 is 1.00 bits per heavy atom. The van der Waals surface area contributed by atoms with Crippen LogP contribution in [0.25, 0.3) is 10.8 Å². The lowest BCUT2D eigenvalue weighted by Gasteiger charge is -2.14. The first kappa shape index (κ1) is 19.8. The Balaban J connectivity index is 2.06. The molecule has 0 amide bonds. The minimum absolute atomic E-state index is 0.00474. The Kier molecular flexibility index (Phi) is 5.35. The number of ether oxygens (including phenoxy) is 1. The fourth-order valence-corrected chi connectivity index (χ4v) is 3.36. The smallest absolute Gasteiger partial charge is 0.238 e. The molecular formula is C20H21N3O4S. The van der Waals surface area contributed by atoms with E-state index in [0.29, 0.717) is 22.4 Å². The summed E-state index contributed by atoms with van der Waals surface area (Å²) in [6, 6.07) is 13.3. The van der Waals surface area contributed by atoms with Gasteiger partial charge in [-0.1, -0.05) is 24.3 Å². The lowest BCUT2D eigenvalue weighted by atomic mass is 10.1. The predicted molar refractivity (Wildman–Crippen MR) is 108 cm³/mol. The molecule has 3 aromatic rings. The highest BCUT2D eigenvalue weighted by molar-refractivity contribution is 7.89. The summed E-state index contributed by atoms with van der Waals surface area (Å²) in [5, 5.41) is 25.5. The number of rotatable bonds is 5. The van der Waals surface area contributed by atoms with Crippen molar-refractivity contribution in [3.05, 3.63) is 54.1 Å². The lowest BCUT2D eigenvalue weighted by molar-refractivity contribution is 0.245. The van der Waals surface area contributed by atoms with Crippen LogP contribution in [-0.4, -0.2) is 19.6 Å². The number of phenols is 1. The van der Waals surface area contributed by atoms with Crippen molar-refractivity contribution in [2.24, 2.45) is 15.4 Å². The maximum Gasteiger partial charge on any atom is 0.238 e. The van der Waals surface area contributed by atoms with Crippen LogP contribution in [0.5, 0.6) is 11.5 Å². The first-order valence-corrected chi connectivity index (χ1v) is 10.2. The van der Waals surface area contributed by atoms with E-state index in [2.05, 4.69) is 10.2 Å². The zero-order chi connectivity index (χ0) is 20.5. The fraction of sp³-hybridized carbons (Fsp3) is 0.200. The van der Waals surface area contributed by atoms with Crippen molar-refractivity contribution in [3.63, 3.8) is 0 Å². The summed E-state index contributed by atoms with van der Waals surface area (Å²) in [6.45, 7) is 5.54. The Bertz CT molecular complexity index is 1170. The standard InChI is InChI=1S/C20H21N3O4S/c1-12(2)27-19-11-18(20(24)16-7-5-4-6-15(16)19)23-22-17-9-8-14(10-13(17)3)28(21,25)26/h4-12,24H,1-3H3,(H2,21,25,26). The van der Waals surface area contributed by atoms with Crippen LogP contribution in [0.3, 0.4) is 0 Å². The van der Waals surface area contributed by atoms with Crippen molar-refractivity contribution >= 4 is 32.2 Å². The van der Waals surface area contributed by atoms with Gasteiger partial charge in [0.15, 0.2) is 5.75 Å². The lowest BCUT2D eigenvalue weighted by Crippen LogP contribution is -2.11. The molecule has 0 aromatic heterocycles. The molecule has 0 aliphatic rings.